The van der Waals surface area contributed by atoms with Crippen molar-refractivity contribution in [3.8, 4) is 17.6 Å². The molecule has 0 radical (unpaired) electrons. The summed E-state index contributed by atoms with van der Waals surface area (Å²) in [5, 5.41) is 0. The molecule has 2 nitrogen and oxygen atoms in total. The fraction of sp³-hybridized carbons (Fsp3) is 0.0417. The lowest BCUT2D eigenvalue weighted by Crippen LogP contribution is -1.98. The van der Waals surface area contributed by atoms with E-state index >= 15 is 0 Å². The van der Waals surface area contributed by atoms with Gasteiger partial charge in [0.1, 0.15) is 5.75 Å². The Labute approximate surface area is 167 Å². The van der Waals surface area contributed by atoms with E-state index in [1.165, 1.54) is 0 Å². The number of benzene rings is 3. The van der Waals surface area contributed by atoms with Gasteiger partial charge < -0.3 is 4.74 Å². The van der Waals surface area contributed by atoms with E-state index in [2.05, 4.69) is 27.8 Å². The topological polar surface area (TPSA) is 26.3 Å². The van der Waals surface area contributed by atoms with Gasteiger partial charge in [0.25, 0.3) is 0 Å². The quantitative estimate of drug-likeness (QED) is 0.307. The van der Waals surface area contributed by atoms with E-state index in [4.69, 9.17) is 4.74 Å². The third-order valence-electron chi connectivity index (χ3n) is 3.91. The van der Waals surface area contributed by atoms with Gasteiger partial charge in [-0.2, -0.15) is 0 Å². The Morgan fingerprint density at radius 1 is 0.963 bits per heavy atom. The van der Waals surface area contributed by atoms with Crippen LogP contribution < -0.4 is 4.74 Å². The molecule has 0 unspecified atom stereocenters. The Balaban J connectivity index is 1.83. The number of rotatable bonds is 4. The first kappa shape index (κ1) is 18.7. The predicted octanol–water partition coefficient (Wildman–Crippen LogP) is 5.75. The third-order valence-corrected chi connectivity index (χ3v) is 4.53. The van der Waals surface area contributed by atoms with Crippen molar-refractivity contribution in [2.45, 2.75) is 0 Å². The van der Waals surface area contributed by atoms with Crippen LogP contribution in [0.5, 0.6) is 5.75 Å². The van der Waals surface area contributed by atoms with Gasteiger partial charge in [-0.1, -0.05) is 54.3 Å². The molecular weight excluding hydrogens is 400 g/mol. The molecule has 0 aliphatic rings. The fourth-order valence-corrected chi connectivity index (χ4v) is 3.07. The molecule has 0 saturated heterocycles. The molecule has 0 saturated carbocycles. The standard InChI is InChI=1S/C24H17BrO2/c1-27-24-16-13-19(17-22(24)25)12-15-23(26)21-10-6-5-9-20(21)14-11-18-7-3-2-4-8-18/h2-10,12-13,15-17H,1H3/b15-12+. The number of ether oxygens (including phenoxy) is 1. The summed E-state index contributed by atoms with van der Waals surface area (Å²) >= 11 is 3.45. The molecule has 3 aromatic rings. The molecule has 3 aromatic carbocycles. The molecule has 0 fully saturated rings. The maximum Gasteiger partial charge on any atom is 0.187 e. The predicted molar refractivity (Wildman–Crippen MR) is 113 cm³/mol. The summed E-state index contributed by atoms with van der Waals surface area (Å²) in [5.41, 5.74) is 3.12. The summed E-state index contributed by atoms with van der Waals surface area (Å²) < 4.78 is 6.06. The van der Waals surface area contributed by atoms with Gasteiger partial charge in [-0.15, -0.1) is 0 Å². The molecule has 132 valence electrons. The zero-order valence-corrected chi connectivity index (χ0v) is 16.4. The zero-order chi connectivity index (χ0) is 19.1. The molecule has 0 N–H and O–H groups in total. The van der Waals surface area contributed by atoms with E-state index in [-0.39, 0.29) is 5.78 Å². The maximum atomic E-state index is 12.7. The number of methoxy groups -OCH3 is 1. The largest absolute Gasteiger partial charge is 0.496 e. The van der Waals surface area contributed by atoms with Gasteiger partial charge in [-0.3, -0.25) is 4.79 Å². The average Bonchev–Trinajstić information content (AvgIpc) is 2.71. The lowest BCUT2D eigenvalue weighted by Gasteiger charge is -2.03. The second-order valence-corrected chi connectivity index (χ2v) is 6.61. The molecule has 27 heavy (non-hydrogen) atoms. The zero-order valence-electron chi connectivity index (χ0n) is 14.8. The van der Waals surface area contributed by atoms with Crippen LogP contribution in [0.1, 0.15) is 27.0 Å². The second kappa shape index (κ2) is 9.02. The van der Waals surface area contributed by atoms with E-state index < -0.39 is 0 Å². The van der Waals surface area contributed by atoms with Crippen LogP contribution >= 0.6 is 15.9 Å². The minimum atomic E-state index is -0.0834. The number of halogens is 1. The Morgan fingerprint density at radius 3 is 2.44 bits per heavy atom. The number of allylic oxidation sites excluding steroid dienone is 1. The highest BCUT2D eigenvalue weighted by molar-refractivity contribution is 9.10. The summed E-state index contributed by atoms with van der Waals surface area (Å²) in [5.74, 6) is 6.87. The highest BCUT2D eigenvalue weighted by Crippen LogP contribution is 2.26. The van der Waals surface area contributed by atoms with Crippen molar-refractivity contribution in [1.29, 1.82) is 0 Å². The first-order valence-corrected chi connectivity index (χ1v) is 9.19. The molecule has 0 aliphatic heterocycles. The minimum Gasteiger partial charge on any atom is -0.496 e. The van der Waals surface area contributed by atoms with Crippen LogP contribution in [0.25, 0.3) is 6.08 Å². The second-order valence-electron chi connectivity index (χ2n) is 5.75. The molecule has 0 atom stereocenters. The van der Waals surface area contributed by atoms with E-state index in [9.17, 15) is 4.79 Å². The van der Waals surface area contributed by atoms with E-state index in [1.807, 2.05) is 66.7 Å². The molecule has 3 rings (SSSR count). The highest BCUT2D eigenvalue weighted by atomic mass is 79.9. The van der Waals surface area contributed by atoms with Crippen molar-refractivity contribution >= 4 is 27.8 Å². The molecule has 3 heteroatoms. The van der Waals surface area contributed by atoms with Gasteiger partial charge in [-0.25, -0.2) is 0 Å². The molecule has 0 heterocycles. The van der Waals surface area contributed by atoms with Gasteiger partial charge in [0.05, 0.1) is 11.6 Å². The number of hydrogen-bond acceptors (Lipinski definition) is 2. The molecule has 0 aromatic heterocycles. The van der Waals surface area contributed by atoms with Gasteiger partial charge in [0.2, 0.25) is 0 Å². The molecule has 0 spiro atoms. The van der Waals surface area contributed by atoms with Gasteiger partial charge >= 0.3 is 0 Å². The lowest BCUT2D eigenvalue weighted by molar-refractivity contribution is 0.104. The molecule has 0 aliphatic carbocycles. The van der Waals surface area contributed by atoms with E-state index in [1.54, 1.807) is 25.3 Å². The van der Waals surface area contributed by atoms with E-state index in [0.717, 1.165) is 21.3 Å². The van der Waals surface area contributed by atoms with Crippen molar-refractivity contribution in [2.24, 2.45) is 0 Å². The van der Waals surface area contributed by atoms with Crippen LogP contribution in [0.3, 0.4) is 0 Å². The first-order valence-electron chi connectivity index (χ1n) is 8.39. The van der Waals surface area contributed by atoms with Gasteiger partial charge in [0.15, 0.2) is 5.78 Å². The van der Waals surface area contributed by atoms with Crippen LogP contribution in [0.2, 0.25) is 0 Å². The van der Waals surface area contributed by atoms with Crippen molar-refractivity contribution in [2.75, 3.05) is 7.11 Å². The first-order chi connectivity index (χ1) is 13.2. The maximum absolute atomic E-state index is 12.7. The molecule has 0 bridgehead atoms. The fourth-order valence-electron chi connectivity index (χ4n) is 2.52. The Hall–Kier alpha value is -3.09. The van der Waals surface area contributed by atoms with E-state index in [0.29, 0.717) is 11.1 Å². The molecular formula is C24H17BrO2. The Kier molecular flexibility index (Phi) is 6.25. The normalized spacial score (nSPS) is 10.3. The molecule has 0 amide bonds. The monoisotopic (exact) mass is 416 g/mol. The average molecular weight is 417 g/mol. The van der Waals surface area contributed by atoms with Crippen LogP contribution in [0.15, 0.2) is 83.3 Å². The smallest absolute Gasteiger partial charge is 0.187 e. The summed E-state index contributed by atoms with van der Waals surface area (Å²) in [4.78, 5) is 12.7. The number of carbonyl (C=O) groups excluding carboxylic acids is 1. The number of ketones is 1. The minimum absolute atomic E-state index is 0.0834. The summed E-state index contributed by atoms with van der Waals surface area (Å²) in [6, 6.07) is 22.8. The summed E-state index contributed by atoms with van der Waals surface area (Å²) in [6.07, 6.45) is 3.35. The van der Waals surface area contributed by atoms with Crippen molar-refractivity contribution in [1.82, 2.24) is 0 Å². The number of hydrogen-bond donors (Lipinski definition) is 0. The van der Waals surface area contributed by atoms with Crippen LogP contribution in [0.4, 0.5) is 0 Å². The van der Waals surface area contributed by atoms with Crippen LogP contribution in [-0.2, 0) is 0 Å². The van der Waals surface area contributed by atoms with Crippen molar-refractivity contribution in [3.05, 3.63) is 106 Å². The van der Waals surface area contributed by atoms with Crippen molar-refractivity contribution < 1.29 is 9.53 Å². The van der Waals surface area contributed by atoms with Gasteiger partial charge in [-0.05, 0) is 64.0 Å². The summed E-state index contributed by atoms with van der Waals surface area (Å²) in [6.45, 7) is 0. The highest BCUT2D eigenvalue weighted by Gasteiger charge is 2.07. The number of carbonyl (C=O) groups is 1. The van der Waals surface area contributed by atoms with Gasteiger partial charge in [0, 0.05) is 16.7 Å². The Bertz CT molecular complexity index is 1040. The van der Waals surface area contributed by atoms with Crippen molar-refractivity contribution in [3.63, 3.8) is 0 Å². The third kappa shape index (κ3) is 4.97. The van der Waals surface area contributed by atoms with Crippen LogP contribution in [0, 0.1) is 11.8 Å². The Morgan fingerprint density at radius 2 is 1.70 bits per heavy atom. The van der Waals surface area contributed by atoms with Crippen LogP contribution in [-0.4, -0.2) is 12.9 Å². The lowest BCUT2D eigenvalue weighted by atomic mass is 10.0. The summed E-state index contributed by atoms with van der Waals surface area (Å²) in [7, 11) is 1.62. The SMILES string of the molecule is COc1ccc(/C=C/C(=O)c2ccccc2C#Cc2ccccc2)cc1Br.